The maximum atomic E-state index is 13.0. The molecule has 1 N–H and O–H groups in total. The van der Waals surface area contributed by atoms with Crippen molar-refractivity contribution in [1.29, 1.82) is 0 Å². The van der Waals surface area contributed by atoms with Gasteiger partial charge in [-0.05, 0) is 61.2 Å². The van der Waals surface area contributed by atoms with Crippen molar-refractivity contribution in [1.82, 2.24) is 9.62 Å². The molecule has 0 bridgehead atoms. The SMILES string of the molecule is CC[C@@H](NC(=O)[C@@H]1CCCN(S(=O)(=O)c2ccc(Cl)cc2)C1)c1ccc(OC)cc1. The van der Waals surface area contributed by atoms with E-state index in [9.17, 15) is 13.2 Å². The summed E-state index contributed by atoms with van der Waals surface area (Å²) < 4.78 is 32.5. The lowest BCUT2D eigenvalue weighted by Crippen LogP contribution is -2.46. The number of piperidine rings is 1. The summed E-state index contributed by atoms with van der Waals surface area (Å²) in [4.78, 5) is 13.1. The monoisotopic (exact) mass is 450 g/mol. The van der Waals surface area contributed by atoms with E-state index in [1.165, 1.54) is 16.4 Å². The van der Waals surface area contributed by atoms with Crippen molar-refractivity contribution < 1.29 is 17.9 Å². The molecule has 0 aromatic heterocycles. The number of benzene rings is 2. The molecule has 1 fully saturated rings. The molecule has 2 aromatic rings. The number of sulfonamides is 1. The third-order valence-corrected chi connectivity index (χ3v) is 7.58. The van der Waals surface area contributed by atoms with Crippen LogP contribution in [-0.4, -0.2) is 38.8 Å². The van der Waals surface area contributed by atoms with E-state index in [0.29, 0.717) is 24.4 Å². The van der Waals surface area contributed by atoms with E-state index < -0.39 is 10.0 Å². The van der Waals surface area contributed by atoms with Gasteiger partial charge in [-0.1, -0.05) is 30.7 Å². The minimum Gasteiger partial charge on any atom is -0.497 e. The van der Waals surface area contributed by atoms with Crippen LogP contribution in [0, 0.1) is 5.92 Å². The first kappa shape index (κ1) is 22.6. The van der Waals surface area contributed by atoms with Gasteiger partial charge in [0.15, 0.2) is 0 Å². The molecule has 1 saturated heterocycles. The van der Waals surface area contributed by atoms with E-state index in [4.69, 9.17) is 16.3 Å². The largest absolute Gasteiger partial charge is 0.497 e. The highest BCUT2D eigenvalue weighted by Gasteiger charge is 2.33. The van der Waals surface area contributed by atoms with Gasteiger partial charge in [-0.15, -0.1) is 0 Å². The zero-order chi connectivity index (χ0) is 21.7. The van der Waals surface area contributed by atoms with Gasteiger partial charge in [0, 0.05) is 18.1 Å². The first-order chi connectivity index (χ1) is 14.3. The molecule has 0 aliphatic carbocycles. The Balaban J connectivity index is 1.69. The second kappa shape index (κ2) is 9.81. The molecule has 1 amide bonds. The third-order valence-electron chi connectivity index (χ3n) is 5.45. The summed E-state index contributed by atoms with van der Waals surface area (Å²) in [5, 5.41) is 3.57. The number of nitrogens with zero attached hydrogens (tertiary/aromatic N) is 1. The van der Waals surface area contributed by atoms with Gasteiger partial charge in [0.2, 0.25) is 15.9 Å². The number of carbonyl (C=O) groups excluding carboxylic acids is 1. The maximum absolute atomic E-state index is 13.0. The number of amides is 1. The fraction of sp³-hybridized carbons (Fsp3) is 0.409. The van der Waals surface area contributed by atoms with Crippen molar-refractivity contribution in [2.75, 3.05) is 20.2 Å². The summed E-state index contributed by atoms with van der Waals surface area (Å²) in [6, 6.07) is 13.6. The van der Waals surface area contributed by atoms with E-state index >= 15 is 0 Å². The van der Waals surface area contributed by atoms with Crippen molar-refractivity contribution >= 4 is 27.5 Å². The van der Waals surface area contributed by atoms with E-state index in [1.54, 1.807) is 19.2 Å². The van der Waals surface area contributed by atoms with Crippen molar-refractivity contribution in [3.8, 4) is 5.75 Å². The van der Waals surface area contributed by atoms with Crippen LogP contribution in [0.5, 0.6) is 5.75 Å². The van der Waals surface area contributed by atoms with Gasteiger partial charge < -0.3 is 10.1 Å². The first-order valence-corrected chi connectivity index (χ1v) is 11.9. The third kappa shape index (κ3) is 5.14. The fourth-order valence-electron chi connectivity index (χ4n) is 3.68. The molecule has 1 heterocycles. The van der Waals surface area contributed by atoms with Crippen molar-refractivity contribution in [3.05, 3.63) is 59.1 Å². The molecular weight excluding hydrogens is 424 g/mol. The van der Waals surface area contributed by atoms with E-state index in [0.717, 1.165) is 17.7 Å². The Labute approximate surface area is 183 Å². The Hall–Kier alpha value is -2.09. The molecule has 0 saturated carbocycles. The standard InChI is InChI=1S/C22H27ClN2O4S/c1-3-21(16-6-10-19(29-2)11-7-16)24-22(26)17-5-4-14-25(15-17)30(27,28)20-12-8-18(23)9-13-20/h6-13,17,21H,3-5,14-15H2,1-2H3,(H,24,26)/t17-,21-/m1/s1. The Kier molecular flexibility index (Phi) is 7.39. The molecule has 0 unspecified atom stereocenters. The summed E-state index contributed by atoms with van der Waals surface area (Å²) >= 11 is 5.87. The molecule has 1 aliphatic heterocycles. The average molecular weight is 451 g/mol. The van der Waals surface area contributed by atoms with Crippen LogP contribution in [0.25, 0.3) is 0 Å². The molecule has 6 nitrogen and oxygen atoms in total. The van der Waals surface area contributed by atoms with Crippen LogP contribution >= 0.6 is 11.6 Å². The quantitative estimate of drug-likeness (QED) is 0.691. The number of methoxy groups -OCH3 is 1. The van der Waals surface area contributed by atoms with Crippen molar-refractivity contribution in [2.45, 2.75) is 37.1 Å². The first-order valence-electron chi connectivity index (χ1n) is 10.0. The molecule has 0 radical (unpaired) electrons. The maximum Gasteiger partial charge on any atom is 0.243 e. The van der Waals surface area contributed by atoms with Gasteiger partial charge in [-0.3, -0.25) is 4.79 Å². The molecule has 3 rings (SSSR count). The zero-order valence-corrected chi connectivity index (χ0v) is 18.7. The number of ether oxygens (including phenoxy) is 1. The summed E-state index contributed by atoms with van der Waals surface area (Å²) in [6.45, 7) is 2.59. The number of nitrogens with one attached hydrogen (secondary N) is 1. The lowest BCUT2D eigenvalue weighted by molar-refractivity contribution is -0.126. The second-order valence-corrected chi connectivity index (χ2v) is 9.77. The topological polar surface area (TPSA) is 75.7 Å². The normalized spacial score (nSPS) is 18.6. The highest BCUT2D eigenvalue weighted by molar-refractivity contribution is 7.89. The van der Waals surface area contributed by atoms with Gasteiger partial charge in [0.1, 0.15) is 5.75 Å². The Morgan fingerprint density at radius 1 is 1.20 bits per heavy atom. The lowest BCUT2D eigenvalue weighted by Gasteiger charge is -2.32. The molecular formula is C22H27ClN2O4S. The molecule has 30 heavy (non-hydrogen) atoms. The van der Waals surface area contributed by atoms with Crippen LogP contribution in [0.4, 0.5) is 0 Å². The number of halogens is 1. The molecule has 162 valence electrons. The minimum absolute atomic E-state index is 0.117. The summed E-state index contributed by atoms with van der Waals surface area (Å²) in [5.41, 5.74) is 0.994. The molecule has 0 spiro atoms. The summed E-state index contributed by atoms with van der Waals surface area (Å²) in [7, 11) is -2.05. The van der Waals surface area contributed by atoms with Crippen LogP contribution < -0.4 is 10.1 Å². The average Bonchev–Trinajstić information content (AvgIpc) is 2.77. The van der Waals surface area contributed by atoms with Gasteiger partial charge >= 0.3 is 0 Å². The van der Waals surface area contributed by atoms with Gasteiger partial charge in [0.25, 0.3) is 0 Å². The number of hydrogen-bond acceptors (Lipinski definition) is 4. The molecule has 2 aromatic carbocycles. The second-order valence-electron chi connectivity index (χ2n) is 7.40. The van der Waals surface area contributed by atoms with E-state index in [-0.39, 0.29) is 29.3 Å². The lowest BCUT2D eigenvalue weighted by atomic mass is 9.97. The minimum atomic E-state index is -3.66. The highest BCUT2D eigenvalue weighted by atomic mass is 35.5. The summed E-state index contributed by atoms with van der Waals surface area (Å²) in [6.07, 6.45) is 2.04. The Bertz CT molecular complexity index is 962. The fourth-order valence-corrected chi connectivity index (χ4v) is 5.33. The highest BCUT2D eigenvalue weighted by Crippen LogP contribution is 2.26. The molecule has 2 atom stereocenters. The molecule has 8 heteroatoms. The van der Waals surface area contributed by atoms with E-state index in [2.05, 4.69) is 5.32 Å². The zero-order valence-electron chi connectivity index (χ0n) is 17.2. The Morgan fingerprint density at radius 2 is 1.87 bits per heavy atom. The molecule has 1 aliphatic rings. The Morgan fingerprint density at radius 3 is 2.47 bits per heavy atom. The summed E-state index contributed by atoms with van der Waals surface area (Å²) in [5.74, 6) is 0.261. The van der Waals surface area contributed by atoms with Crippen LogP contribution in [0.2, 0.25) is 5.02 Å². The number of carbonyl (C=O) groups is 1. The van der Waals surface area contributed by atoms with Crippen LogP contribution in [-0.2, 0) is 14.8 Å². The van der Waals surface area contributed by atoms with Crippen LogP contribution in [0.1, 0.15) is 37.8 Å². The van der Waals surface area contributed by atoms with Crippen molar-refractivity contribution in [3.63, 3.8) is 0 Å². The number of rotatable bonds is 7. The predicted octanol–water partition coefficient (Wildman–Crippen LogP) is 4.02. The van der Waals surface area contributed by atoms with Gasteiger partial charge in [0.05, 0.1) is 24.0 Å². The van der Waals surface area contributed by atoms with Gasteiger partial charge in [-0.25, -0.2) is 8.42 Å². The number of hydrogen-bond donors (Lipinski definition) is 1. The van der Waals surface area contributed by atoms with E-state index in [1.807, 2.05) is 31.2 Å². The van der Waals surface area contributed by atoms with Gasteiger partial charge in [-0.2, -0.15) is 4.31 Å². The van der Waals surface area contributed by atoms with Crippen molar-refractivity contribution in [2.24, 2.45) is 5.92 Å². The smallest absolute Gasteiger partial charge is 0.243 e. The van der Waals surface area contributed by atoms with Crippen LogP contribution in [0.3, 0.4) is 0 Å². The predicted molar refractivity (Wildman–Crippen MR) is 117 cm³/mol. The van der Waals surface area contributed by atoms with Crippen LogP contribution in [0.15, 0.2) is 53.4 Å².